The minimum atomic E-state index is -2.67. The summed E-state index contributed by atoms with van der Waals surface area (Å²) in [4.78, 5) is 0. The Labute approximate surface area is 106 Å². The second-order valence-corrected chi connectivity index (χ2v) is 7.87. The Hall–Kier alpha value is -0.583. The third-order valence-electron chi connectivity index (χ3n) is 3.20. The molecule has 0 unspecified atom stereocenters. The third kappa shape index (κ3) is 3.00. The van der Waals surface area contributed by atoms with Gasteiger partial charge in [0.25, 0.3) is 0 Å². The zero-order chi connectivity index (χ0) is 13.3. The Morgan fingerprint density at radius 2 is 1.71 bits per heavy atom. The number of rotatable bonds is 4. The van der Waals surface area contributed by atoms with Gasteiger partial charge in [-0.05, 0) is 41.5 Å². The lowest BCUT2D eigenvalue weighted by Crippen LogP contribution is -2.41. The zero-order valence-corrected chi connectivity index (χ0v) is 12.8. The van der Waals surface area contributed by atoms with Crippen molar-refractivity contribution in [2.75, 3.05) is 0 Å². The predicted molar refractivity (Wildman–Crippen MR) is 71.6 cm³/mol. The Morgan fingerprint density at radius 3 is 2.06 bits per heavy atom. The van der Waals surface area contributed by atoms with E-state index in [-0.39, 0.29) is 11.2 Å². The van der Waals surface area contributed by atoms with Gasteiger partial charge < -0.3 is 13.3 Å². The van der Waals surface area contributed by atoms with E-state index >= 15 is 0 Å². The minimum Gasteiger partial charge on any atom is -0.505 e. The normalized spacial score (nSPS) is 25.1. The summed E-state index contributed by atoms with van der Waals surface area (Å²) in [5.74, 6) is 0.648. The smallest absolute Gasteiger partial charge is 0.505 e. The van der Waals surface area contributed by atoms with Crippen molar-refractivity contribution in [3.63, 3.8) is 0 Å². The summed E-state index contributed by atoms with van der Waals surface area (Å²) in [6, 6.07) is 0.684. The molecule has 0 amide bonds. The molecule has 0 aromatic heterocycles. The highest BCUT2D eigenvalue weighted by molar-refractivity contribution is 6.62. The van der Waals surface area contributed by atoms with Crippen LogP contribution in [0.15, 0.2) is 24.5 Å². The molecule has 1 rings (SSSR count). The first-order valence-electron chi connectivity index (χ1n) is 6.00. The first kappa shape index (κ1) is 14.5. The molecule has 98 valence electrons. The molecule has 1 aliphatic rings. The first-order valence-corrected chi connectivity index (χ1v) is 7.93. The average Bonchev–Trinajstić information content (AvgIpc) is 2.28. The molecule has 0 spiro atoms. The van der Waals surface area contributed by atoms with E-state index in [4.69, 9.17) is 13.3 Å². The fourth-order valence-electron chi connectivity index (χ4n) is 1.74. The van der Waals surface area contributed by atoms with Gasteiger partial charge in [0.2, 0.25) is 0 Å². The highest BCUT2D eigenvalue weighted by Crippen LogP contribution is 2.44. The third-order valence-corrected chi connectivity index (χ3v) is 6.24. The van der Waals surface area contributed by atoms with Crippen LogP contribution in [0.25, 0.3) is 0 Å². The van der Waals surface area contributed by atoms with E-state index in [0.29, 0.717) is 11.8 Å². The quantitative estimate of drug-likeness (QED) is 0.436. The van der Waals surface area contributed by atoms with Crippen molar-refractivity contribution in [2.24, 2.45) is 0 Å². The van der Waals surface area contributed by atoms with E-state index in [9.17, 15) is 0 Å². The molecular formula is C13H24O3Si. The summed E-state index contributed by atoms with van der Waals surface area (Å²) in [6.45, 7) is 15.8. The second kappa shape index (κ2) is 4.59. The van der Waals surface area contributed by atoms with Crippen LogP contribution in [0.4, 0.5) is 0 Å². The molecular weight excluding hydrogens is 232 g/mol. The molecule has 0 aliphatic carbocycles. The van der Waals surface area contributed by atoms with Crippen molar-refractivity contribution in [2.45, 2.75) is 58.8 Å². The van der Waals surface area contributed by atoms with E-state index in [1.807, 2.05) is 53.7 Å². The molecule has 1 heterocycles. The highest BCUT2D eigenvalue weighted by atomic mass is 28.4. The molecule has 0 aromatic carbocycles. The SMILES string of the molecule is C=C(C)O[Si]1(C/C=C/C)OC(C)(C)C(C)(C)O1. The predicted octanol–water partition coefficient (Wildman–Crippen LogP) is 3.66. The maximum atomic E-state index is 6.15. The topological polar surface area (TPSA) is 27.7 Å². The van der Waals surface area contributed by atoms with E-state index in [1.165, 1.54) is 0 Å². The molecule has 0 radical (unpaired) electrons. The van der Waals surface area contributed by atoms with Gasteiger partial charge in [-0.3, -0.25) is 0 Å². The molecule has 4 heteroatoms. The molecule has 3 nitrogen and oxygen atoms in total. The van der Waals surface area contributed by atoms with Crippen LogP contribution in [0.2, 0.25) is 6.04 Å². The van der Waals surface area contributed by atoms with Gasteiger partial charge in [0.1, 0.15) is 0 Å². The summed E-state index contributed by atoms with van der Waals surface area (Å²) in [5.41, 5.74) is -0.702. The van der Waals surface area contributed by atoms with Crippen LogP contribution in [0.5, 0.6) is 0 Å². The van der Waals surface area contributed by atoms with Gasteiger partial charge in [0.05, 0.1) is 17.0 Å². The molecule has 0 atom stereocenters. The van der Waals surface area contributed by atoms with Crippen molar-refractivity contribution < 1.29 is 13.3 Å². The molecule has 1 aliphatic heterocycles. The largest absolute Gasteiger partial charge is 0.570 e. The van der Waals surface area contributed by atoms with Crippen LogP contribution in [0.1, 0.15) is 41.5 Å². The van der Waals surface area contributed by atoms with Crippen molar-refractivity contribution in [3.8, 4) is 0 Å². The molecule has 0 saturated carbocycles. The number of allylic oxidation sites excluding steroid dienone is 3. The van der Waals surface area contributed by atoms with Crippen LogP contribution in [0.3, 0.4) is 0 Å². The maximum absolute atomic E-state index is 6.15. The number of hydrogen-bond acceptors (Lipinski definition) is 3. The van der Waals surface area contributed by atoms with E-state index in [0.717, 1.165) is 0 Å². The number of hydrogen-bond donors (Lipinski definition) is 0. The summed E-state index contributed by atoms with van der Waals surface area (Å²) >= 11 is 0. The molecule has 1 saturated heterocycles. The van der Waals surface area contributed by atoms with Gasteiger partial charge in [0.15, 0.2) is 0 Å². The maximum Gasteiger partial charge on any atom is 0.570 e. The molecule has 1 fully saturated rings. The zero-order valence-electron chi connectivity index (χ0n) is 11.8. The molecule has 0 aromatic rings. The first-order chi connectivity index (χ1) is 7.64. The van der Waals surface area contributed by atoms with E-state index < -0.39 is 8.80 Å². The van der Waals surface area contributed by atoms with Crippen LogP contribution in [-0.4, -0.2) is 20.0 Å². The lowest BCUT2D eigenvalue weighted by Gasteiger charge is -2.31. The Morgan fingerprint density at radius 1 is 1.24 bits per heavy atom. The minimum absolute atomic E-state index is 0.351. The lowest BCUT2D eigenvalue weighted by atomic mass is 9.90. The Bertz CT molecular complexity index is 316. The fraction of sp³-hybridized carbons (Fsp3) is 0.692. The summed E-state index contributed by atoms with van der Waals surface area (Å²) < 4.78 is 18.1. The molecule has 0 bridgehead atoms. The Balaban J connectivity index is 2.99. The monoisotopic (exact) mass is 256 g/mol. The summed E-state index contributed by atoms with van der Waals surface area (Å²) in [5, 5.41) is 0. The van der Waals surface area contributed by atoms with Gasteiger partial charge >= 0.3 is 8.80 Å². The van der Waals surface area contributed by atoms with E-state index in [1.54, 1.807) is 0 Å². The van der Waals surface area contributed by atoms with Gasteiger partial charge in [-0.25, -0.2) is 0 Å². The van der Waals surface area contributed by atoms with Crippen LogP contribution >= 0.6 is 0 Å². The van der Waals surface area contributed by atoms with Crippen LogP contribution < -0.4 is 0 Å². The van der Waals surface area contributed by atoms with Crippen molar-refractivity contribution in [3.05, 3.63) is 24.5 Å². The second-order valence-electron chi connectivity index (χ2n) is 5.48. The van der Waals surface area contributed by atoms with Gasteiger partial charge in [0, 0.05) is 6.04 Å². The van der Waals surface area contributed by atoms with E-state index in [2.05, 4.69) is 6.58 Å². The van der Waals surface area contributed by atoms with Crippen molar-refractivity contribution in [1.29, 1.82) is 0 Å². The summed E-state index contributed by atoms with van der Waals surface area (Å²) in [7, 11) is -2.67. The lowest BCUT2D eigenvalue weighted by molar-refractivity contribution is 0.00578. The van der Waals surface area contributed by atoms with Gasteiger partial charge in [-0.15, -0.1) is 0 Å². The molecule has 17 heavy (non-hydrogen) atoms. The Kier molecular flexibility index (Phi) is 3.91. The van der Waals surface area contributed by atoms with Crippen molar-refractivity contribution >= 4 is 8.80 Å². The highest BCUT2D eigenvalue weighted by Gasteiger charge is 2.62. The molecule has 0 N–H and O–H groups in total. The van der Waals surface area contributed by atoms with Crippen LogP contribution in [-0.2, 0) is 13.3 Å². The van der Waals surface area contributed by atoms with Gasteiger partial charge in [-0.2, -0.15) is 0 Å². The average molecular weight is 256 g/mol. The van der Waals surface area contributed by atoms with Gasteiger partial charge in [-0.1, -0.05) is 18.7 Å². The van der Waals surface area contributed by atoms with Crippen molar-refractivity contribution in [1.82, 2.24) is 0 Å². The fourth-order valence-corrected chi connectivity index (χ4v) is 5.22. The summed E-state index contributed by atoms with van der Waals surface area (Å²) in [6.07, 6.45) is 4.02. The van der Waals surface area contributed by atoms with Crippen LogP contribution in [0, 0.1) is 0 Å². The standard InChI is InChI=1S/C13H24O3Si/c1-8-9-10-17(14-11(2)3)15-12(4,5)13(6,7)16-17/h8-9H,2,10H2,1,3-7H3/b9-8+.